The van der Waals surface area contributed by atoms with Crippen LogP contribution in [0.5, 0.6) is 0 Å². The minimum atomic E-state index is -0.683. The Morgan fingerprint density at radius 1 is 1.12 bits per heavy atom. The van der Waals surface area contributed by atoms with E-state index in [0.717, 1.165) is 0 Å². The van der Waals surface area contributed by atoms with Crippen LogP contribution in [0.3, 0.4) is 0 Å². The van der Waals surface area contributed by atoms with Crippen LogP contribution in [-0.4, -0.2) is 35.7 Å². The lowest BCUT2D eigenvalue weighted by Crippen LogP contribution is -2.55. The lowest BCUT2D eigenvalue weighted by Gasteiger charge is -2.23. The minimum absolute atomic E-state index is 0.159. The van der Waals surface area contributed by atoms with E-state index in [0.29, 0.717) is 19.3 Å². The number of carbonyl (C=O) groups is 4. The van der Waals surface area contributed by atoms with Gasteiger partial charge < -0.3 is 10.6 Å². The Hall–Kier alpha value is -1.92. The first kappa shape index (κ1) is 11.6. The van der Waals surface area contributed by atoms with Crippen molar-refractivity contribution in [3.05, 3.63) is 0 Å². The van der Waals surface area contributed by atoms with E-state index < -0.39 is 18.0 Å². The number of hydrogen-bond acceptors (Lipinski definition) is 4. The number of rotatable bonds is 2. The van der Waals surface area contributed by atoms with Crippen molar-refractivity contribution in [2.75, 3.05) is 0 Å². The molecule has 0 bridgehead atoms. The summed E-state index contributed by atoms with van der Waals surface area (Å²) in [4.78, 5) is 44.9. The first-order chi connectivity index (χ1) is 8.06. The molecular weight excluding hydrogens is 226 g/mol. The van der Waals surface area contributed by atoms with Crippen molar-refractivity contribution < 1.29 is 19.2 Å². The fourth-order valence-corrected chi connectivity index (χ4v) is 1.91. The fraction of sp³-hybridized carbons (Fsp3) is 0.600. The molecule has 0 aromatic heterocycles. The number of nitrogens with one attached hydrogen (secondary N) is 3. The van der Waals surface area contributed by atoms with Crippen molar-refractivity contribution in [3.63, 3.8) is 0 Å². The molecule has 2 aliphatic heterocycles. The van der Waals surface area contributed by atoms with E-state index in [2.05, 4.69) is 16.0 Å². The highest BCUT2D eigenvalue weighted by atomic mass is 16.2. The second-order valence-corrected chi connectivity index (χ2v) is 4.17. The highest BCUT2D eigenvalue weighted by Crippen LogP contribution is 2.09. The van der Waals surface area contributed by atoms with Gasteiger partial charge in [0.2, 0.25) is 23.6 Å². The zero-order valence-corrected chi connectivity index (χ0v) is 9.12. The average Bonchev–Trinajstić information content (AvgIpc) is 2.69. The third-order valence-electron chi connectivity index (χ3n) is 2.87. The van der Waals surface area contributed by atoms with Crippen LogP contribution in [0.2, 0.25) is 0 Å². The Bertz CT molecular complexity index is 393. The lowest BCUT2D eigenvalue weighted by atomic mass is 10.1. The molecule has 2 saturated heterocycles. The first-order valence-electron chi connectivity index (χ1n) is 5.49. The van der Waals surface area contributed by atoms with Gasteiger partial charge in [-0.25, -0.2) is 0 Å². The molecule has 0 spiro atoms. The van der Waals surface area contributed by atoms with E-state index in [9.17, 15) is 19.2 Å². The molecule has 0 aliphatic carbocycles. The summed E-state index contributed by atoms with van der Waals surface area (Å²) in [5, 5.41) is 7.21. The van der Waals surface area contributed by atoms with Crippen molar-refractivity contribution in [1.29, 1.82) is 0 Å². The fourth-order valence-electron chi connectivity index (χ4n) is 1.91. The summed E-state index contributed by atoms with van der Waals surface area (Å²) >= 11 is 0. The molecule has 0 aromatic rings. The van der Waals surface area contributed by atoms with Crippen LogP contribution in [0.4, 0.5) is 0 Å². The van der Waals surface area contributed by atoms with Gasteiger partial charge in [-0.3, -0.25) is 24.5 Å². The van der Waals surface area contributed by atoms with Gasteiger partial charge in [-0.05, 0) is 12.8 Å². The predicted octanol–water partition coefficient (Wildman–Crippen LogP) is -1.81. The quantitative estimate of drug-likeness (QED) is 0.494. The molecule has 0 saturated carbocycles. The van der Waals surface area contributed by atoms with Gasteiger partial charge in [-0.2, -0.15) is 0 Å². The van der Waals surface area contributed by atoms with Gasteiger partial charge in [-0.15, -0.1) is 0 Å². The van der Waals surface area contributed by atoms with Gasteiger partial charge in [-0.1, -0.05) is 0 Å². The lowest BCUT2D eigenvalue weighted by molar-refractivity contribution is -0.137. The zero-order chi connectivity index (χ0) is 12.4. The molecule has 2 atom stereocenters. The molecule has 3 N–H and O–H groups in total. The summed E-state index contributed by atoms with van der Waals surface area (Å²) in [6, 6.07) is -1.24. The SMILES string of the molecule is O=C1CCC(NC(=O)C2CCC(=O)N2)C(=O)N1. The van der Waals surface area contributed by atoms with Gasteiger partial charge in [0, 0.05) is 12.8 Å². The number of carbonyl (C=O) groups excluding carboxylic acids is 4. The average molecular weight is 239 g/mol. The number of hydrogen-bond donors (Lipinski definition) is 3. The van der Waals surface area contributed by atoms with E-state index in [1.807, 2.05) is 0 Å². The molecule has 2 unspecified atom stereocenters. The molecule has 2 rings (SSSR count). The Labute approximate surface area is 97.3 Å². The molecule has 2 heterocycles. The number of imide groups is 1. The summed E-state index contributed by atoms with van der Waals surface area (Å²) in [5.41, 5.74) is 0. The number of piperidine rings is 1. The van der Waals surface area contributed by atoms with Crippen LogP contribution in [0, 0.1) is 0 Å². The van der Waals surface area contributed by atoms with Crippen LogP contribution in [0.15, 0.2) is 0 Å². The first-order valence-corrected chi connectivity index (χ1v) is 5.49. The monoisotopic (exact) mass is 239 g/mol. The molecule has 7 heteroatoms. The maximum Gasteiger partial charge on any atom is 0.249 e. The van der Waals surface area contributed by atoms with Crippen molar-refractivity contribution in [2.24, 2.45) is 0 Å². The molecule has 0 aromatic carbocycles. The van der Waals surface area contributed by atoms with Gasteiger partial charge in [0.1, 0.15) is 12.1 Å². The molecular formula is C10H13N3O4. The third-order valence-corrected chi connectivity index (χ3v) is 2.87. The van der Waals surface area contributed by atoms with Crippen molar-refractivity contribution in [2.45, 2.75) is 37.8 Å². The highest BCUT2D eigenvalue weighted by Gasteiger charge is 2.32. The number of amides is 4. The Morgan fingerprint density at radius 2 is 1.82 bits per heavy atom. The van der Waals surface area contributed by atoms with Crippen LogP contribution in [0.25, 0.3) is 0 Å². The van der Waals surface area contributed by atoms with Gasteiger partial charge >= 0.3 is 0 Å². The van der Waals surface area contributed by atoms with Crippen molar-refractivity contribution in [1.82, 2.24) is 16.0 Å². The van der Waals surface area contributed by atoms with E-state index in [4.69, 9.17) is 0 Å². The van der Waals surface area contributed by atoms with Gasteiger partial charge in [0.25, 0.3) is 0 Å². The molecule has 4 amide bonds. The zero-order valence-electron chi connectivity index (χ0n) is 9.12. The van der Waals surface area contributed by atoms with E-state index in [1.165, 1.54) is 0 Å². The van der Waals surface area contributed by atoms with Crippen LogP contribution < -0.4 is 16.0 Å². The van der Waals surface area contributed by atoms with Gasteiger partial charge in [0.05, 0.1) is 0 Å². The molecule has 92 valence electrons. The molecule has 0 radical (unpaired) electrons. The topological polar surface area (TPSA) is 104 Å². The van der Waals surface area contributed by atoms with Crippen molar-refractivity contribution >= 4 is 23.6 Å². The standard InChI is InChI=1S/C10H13N3O4/c14-7-3-1-5(11-7)9(16)12-6-2-4-8(15)13-10(6)17/h5-6H,1-4H2,(H,11,14)(H,12,16)(H,13,15,17). The van der Waals surface area contributed by atoms with Crippen molar-refractivity contribution in [3.8, 4) is 0 Å². The Balaban J connectivity index is 1.88. The largest absolute Gasteiger partial charge is 0.344 e. The summed E-state index contributed by atoms with van der Waals surface area (Å²) in [6.45, 7) is 0. The van der Waals surface area contributed by atoms with Crippen LogP contribution in [-0.2, 0) is 19.2 Å². The minimum Gasteiger partial charge on any atom is -0.344 e. The highest BCUT2D eigenvalue weighted by molar-refractivity contribution is 6.02. The second kappa shape index (κ2) is 4.52. The summed E-state index contributed by atoms with van der Waals surface area (Å²) in [6.07, 6.45) is 1.29. The molecule has 7 nitrogen and oxygen atoms in total. The molecule has 2 fully saturated rings. The molecule has 17 heavy (non-hydrogen) atoms. The summed E-state index contributed by atoms with van der Waals surface area (Å²) < 4.78 is 0. The Morgan fingerprint density at radius 3 is 2.41 bits per heavy atom. The van der Waals surface area contributed by atoms with E-state index in [-0.39, 0.29) is 24.1 Å². The van der Waals surface area contributed by atoms with E-state index >= 15 is 0 Å². The van der Waals surface area contributed by atoms with Crippen LogP contribution >= 0.6 is 0 Å². The second-order valence-electron chi connectivity index (χ2n) is 4.17. The maximum absolute atomic E-state index is 11.7. The van der Waals surface area contributed by atoms with Gasteiger partial charge in [0.15, 0.2) is 0 Å². The summed E-state index contributed by atoms with van der Waals surface area (Å²) in [7, 11) is 0. The normalized spacial score (nSPS) is 28.6. The van der Waals surface area contributed by atoms with Crippen LogP contribution in [0.1, 0.15) is 25.7 Å². The predicted molar refractivity (Wildman–Crippen MR) is 55.5 cm³/mol. The summed E-state index contributed by atoms with van der Waals surface area (Å²) in [5.74, 6) is -1.34. The Kier molecular flexibility index (Phi) is 3.08. The third kappa shape index (κ3) is 2.61. The van der Waals surface area contributed by atoms with E-state index in [1.54, 1.807) is 0 Å². The smallest absolute Gasteiger partial charge is 0.249 e. The molecule has 2 aliphatic rings. The maximum atomic E-state index is 11.7.